The Hall–Kier alpha value is -1.67. The van der Waals surface area contributed by atoms with Gasteiger partial charge in [-0.25, -0.2) is 14.6 Å². The predicted octanol–water partition coefficient (Wildman–Crippen LogP) is 0.202. The molecule has 7 nitrogen and oxygen atoms in total. The number of aromatic nitrogens is 1. The fraction of sp³-hybridized carbons (Fsp3) is 0.500. The van der Waals surface area contributed by atoms with Gasteiger partial charge in [-0.1, -0.05) is 0 Å². The molecule has 18 heavy (non-hydrogen) atoms. The number of rotatable bonds is 6. The number of hydrogen-bond donors (Lipinski definition) is 3. The van der Waals surface area contributed by atoms with Crippen molar-refractivity contribution >= 4 is 23.3 Å². The molecule has 0 spiro atoms. The molecule has 100 valence electrons. The second kappa shape index (κ2) is 6.92. The van der Waals surface area contributed by atoms with Gasteiger partial charge in [0, 0.05) is 39.1 Å². The van der Waals surface area contributed by atoms with E-state index in [1.807, 2.05) is 0 Å². The van der Waals surface area contributed by atoms with E-state index in [1.165, 1.54) is 4.90 Å². The highest BCUT2D eigenvalue weighted by atomic mass is 32.1. The van der Waals surface area contributed by atoms with E-state index >= 15 is 0 Å². The number of hydrogen-bond acceptors (Lipinski definition) is 5. The van der Waals surface area contributed by atoms with Crippen LogP contribution in [-0.2, 0) is 6.54 Å². The van der Waals surface area contributed by atoms with Crippen molar-refractivity contribution < 1.29 is 14.7 Å². The maximum Gasteiger partial charge on any atom is 0.365 e. The third kappa shape index (κ3) is 4.68. The van der Waals surface area contributed by atoms with Crippen LogP contribution in [0.1, 0.15) is 15.5 Å². The van der Waals surface area contributed by atoms with Gasteiger partial charge in [0.15, 0.2) is 0 Å². The highest BCUT2D eigenvalue weighted by Gasteiger charge is 2.08. The lowest BCUT2D eigenvalue weighted by molar-refractivity contribution is 0.0696. The summed E-state index contributed by atoms with van der Waals surface area (Å²) in [6.45, 7) is 1.59. The predicted molar refractivity (Wildman–Crippen MR) is 67.9 cm³/mol. The van der Waals surface area contributed by atoms with Crippen molar-refractivity contribution in [3.8, 4) is 0 Å². The third-order valence-corrected chi connectivity index (χ3v) is 2.90. The lowest BCUT2D eigenvalue weighted by Crippen LogP contribution is -2.38. The normalized spacial score (nSPS) is 10.1. The first-order valence-corrected chi connectivity index (χ1v) is 6.22. The largest absolute Gasteiger partial charge is 0.476 e. The van der Waals surface area contributed by atoms with Gasteiger partial charge >= 0.3 is 12.0 Å². The molecular weight excluding hydrogens is 256 g/mol. The number of carbonyl (C=O) groups is 2. The number of carboxylic acid groups (broad SMARTS) is 1. The molecule has 0 radical (unpaired) electrons. The smallest absolute Gasteiger partial charge is 0.365 e. The molecule has 1 heterocycles. The number of urea groups is 1. The van der Waals surface area contributed by atoms with Crippen LogP contribution in [0, 0.1) is 0 Å². The van der Waals surface area contributed by atoms with Crippen molar-refractivity contribution in [1.29, 1.82) is 0 Å². The van der Waals surface area contributed by atoms with Crippen molar-refractivity contribution in [3.63, 3.8) is 0 Å². The van der Waals surface area contributed by atoms with Gasteiger partial charge in [-0.05, 0) is 0 Å². The van der Waals surface area contributed by atoms with E-state index in [0.29, 0.717) is 25.3 Å². The first kappa shape index (κ1) is 14.4. The fourth-order valence-electron chi connectivity index (χ4n) is 1.12. The Kier molecular flexibility index (Phi) is 5.53. The van der Waals surface area contributed by atoms with E-state index < -0.39 is 5.97 Å². The standard InChI is InChI=1S/C10H16N4O3S/c1-14(2)10(17)12-4-3-11-5-7-6-18-8(13-7)9(15)16/h6,11H,3-5H2,1-2H3,(H,12,17)(H,15,16). The monoisotopic (exact) mass is 272 g/mol. The number of carboxylic acids is 1. The number of carbonyl (C=O) groups excluding carboxylic acids is 1. The van der Waals surface area contributed by atoms with Crippen LogP contribution in [0.4, 0.5) is 4.79 Å². The van der Waals surface area contributed by atoms with Crippen LogP contribution in [0.5, 0.6) is 0 Å². The van der Waals surface area contributed by atoms with Crippen LogP contribution in [0.2, 0.25) is 0 Å². The highest BCUT2D eigenvalue weighted by molar-refractivity contribution is 7.11. The summed E-state index contributed by atoms with van der Waals surface area (Å²) in [5.74, 6) is -1.01. The number of thiazole rings is 1. The molecule has 0 atom stereocenters. The molecule has 1 aromatic rings. The second-order valence-corrected chi connectivity index (χ2v) is 4.61. The Labute approximate surface area is 109 Å². The van der Waals surface area contributed by atoms with Crippen LogP contribution in [0.3, 0.4) is 0 Å². The molecule has 0 aliphatic heterocycles. The molecule has 2 amide bonds. The summed E-state index contributed by atoms with van der Waals surface area (Å²) >= 11 is 1.10. The minimum absolute atomic E-state index is 0.0905. The van der Waals surface area contributed by atoms with Crippen molar-refractivity contribution in [2.45, 2.75) is 6.54 Å². The molecule has 0 aromatic carbocycles. The maximum absolute atomic E-state index is 11.2. The Morgan fingerprint density at radius 3 is 2.72 bits per heavy atom. The Bertz CT molecular complexity index is 419. The summed E-state index contributed by atoms with van der Waals surface area (Å²) < 4.78 is 0. The first-order valence-electron chi connectivity index (χ1n) is 5.34. The van der Waals surface area contributed by atoms with Gasteiger partial charge in [0.2, 0.25) is 5.01 Å². The number of nitrogens with one attached hydrogen (secondary N) is 2. The molecule has 8 heteroatoms. The van der Waals surface area contributed by atoms with Gasteiger partial charge in [-0.2, -0.15) is 0 Å². The molecule has 3 N–H and O–H groups in total. The number of nitrogens with zero attached hydrogens (tertiary/aromatic N) is 2. The summed E-state index contributed by atoms with van der Waals surface area (Å²) in [6.07, 6.45) is 0. The van der Waals surface area contributed by atoms with E-state index in [4.69, 9.17) is 5.11 Å². The molecule has 0 fully saturated rings. The van der Waals surface area contributed by atoms with Crippen LogP contribution < -0.4 is 10.6 Å². The van der Waals surface area contributed by atoms with Crippen molar-refractivity contribution in [1.82, 2.24) is 20.5 Å². The van der Waals surface area contributed by atoms with Gasteiger partial charge in [0.05, 0.1) is 5.69 Å². The lowest BCUT2D eigenvalue weighted by atomic mass is 10.4. The molecule has 0 aliphatic carbocycles. The second-order valence-electron chi connectivity index (χ2n) is 3.75. The van der Waals surface area contributed by atoms with E-state index in [9.17, 15) is 9.59 Å². The Balaban J connectivity index is 2.18. The molecule has 1 aromatic heterocycles. The molecule has 0 aliphatic rings. The Morgan fingerprint density at radius 2 is 2.17 bits per heavy atom. The quantitative estimate of drug-likeness (QED) is 0.643. The summed E-state index contributed by atoms with van der Waals surface area (Å²) in [6, 6.07) is -0.140. The molecule has 0 saturated carbocycles. The van der Waals surface area contributed by atoms with Crippen LogP contribution in [-0.4, -0.2) is 54.2 Å². The van der Waals surface area contributed by atoms with Crippen LogP contribution in [0.25, 0.3) is 0 Å². The third-order valence-electron chi connectivity index (χ3n) is 2.03. The Morgan fingerprint density at radius 1 is 1.44 bits per heavy atom. The topological polar surface area (TPSA) is 94.6 Å². The minimum Gasteiger partial charge on any atom is -0.476 e. The van der Waals surface area contributed by atoms with Gasteiger partial charge in [-0.15, -0.1) is 11.3 Å². The fourth-order valence-corrected chi connectivity index (χ4v) is 1.77. The van der Waals surface area contributed by atoms with Gasteiger partial charge in [0.25, 0.3) is 0 Å². The van der Waals surface area contributed by atoms with E-state index in [0.717, 1.165) is 11.3 Å². The summed E-state index contributed by atoms with van der Waals surface area (Å²) in [5.41, 5.74) is 0.691. The van der Waals surface area contributed by atoms with E-state index in [1.54, 1.807) is 19.5 Å². The van der Waals surface area contributed by atoms with Gasteiger partial charge < -0.3 is 20.6 Å². The molecule has 0 bridgehead atoms. The molecule has 0 saturated heterocycles. The summed E-state index contributed by atoms with van der Waals surface area (Å²) in [4.78, 5) is 27.2. The molecular formula is C10H16N4O3S. The minimum atomic E-state index is -1.01. The van der Waals surface area contributed by atoms with Crippen molar-refractivity contribution in [3.05, 3.63) is 16.1 Å². The van der Waals surface area contributed by atoms with E-state index in [2.05, 4.69) is 15.6 Å². The average Bonchev–Trinajstić information content (AvgIpc) is 2.77. The van der Waals surface area contributed by atoms with Crippen molar-refractivity contribution in [2.75, 3.05) is 27.2 Å². The van der Waals surface area contributed by atoms with Gasteiger partial charge in [0.1, 0.15) is 0 Å². The summed E-state index contributed by atoms with van der Waals surface area (Å²) in [5, 5.41) is 16.3. The zero-order valence-electron chi connectivity index (χ0n) is 10.3. The lowest BCUT2D eigenvalue weighted by Gasteiger charge is -2.11. The van der Waals surface area contributed by atoms with Gasteiger partial charge in [-0.3, -0.25) is 0 Å². The maximum atomic E-state index is 11.2. The average molecular weight is 272 g/mol. The van der Waals surface area contributed by atoms with Crippen molar-refractivity contribution in [2.24, 2.45) is 0 Å². The zero-order valence-corrected chi connectivity index (χ0v) is 11.1. The number of aromatic carboxylic acids is 1. The van der Waals surface area contributed by atoms with E-state index in [-0.39, 0.29) is 11.0 Å². The highest BCUT2D eigenvalue weighted by Crippen LogP contribution is 2.08. The number of amides is 2. The van der Waals surface area contributed by atoms with Crippen LogP contribution >= 0.6 is 11.3 Å². The SMILES string of the molecule is CN(C)C(=O)NCCNCc1csc(C(=O)O)n1. The molecule has 0 unspecified atom stereocenters. The first-order chi connectivity index (χ1) is 8.50. The molecule has 1 rings (SSSR count). The summed E-state index contributed by atoms with van der Waals surface area (Å²) in [7, 11) is 3.34. The zero-order chi connectivity index (χ0) is 13.5. The van der Waals surface area contributed by atoms with Crippen LogP contribution in [0.15, 0.2) is 5.38 Å².